The highest BCUT2D eigenvalue weighted by Crippen LogP contribution is 2.18. The molecule has 0 radical (unpaired) electrons. The molecule has 2 heterocycles. The van der Waals surface area contributed by atoms with E-state index >= 15 is 0 Å². The van der Waals surface area contributed by atoms with E-state index in [4.69, 9.17) is 5.11 Å². The Balaban J connectivity index is 2.19. The molecule has 0 saturated heterocycles. The normalized spacial score (nSPS) is 10.9. The van der Waals surface area contributed by atoms with Crippen LogP contribution >= 0.6 is 11.8 Å². The van der Waals surface area contributed by atoms with Crippen LogP contribution in [0.5, 0.6) is 0 Å². The highest BCUT2D eigenvalue weighted by Gasteiger charge is 2.14. The van der Waals surface area contributed by atoms with Crippen LogP contribution in [0.15, 0.2) is 5.16 Å². The van der Waals surface area contributed by atoms with E-state index in [-0.39, 0.29) is 5.75 Å². The van der Waals surface area contributed by atoms with Crippen molar-refractivity contribution in [2.45, 2.75) is 25.5 Å². The molecule has 0 atom stereocenters. The molecule has 0 aliphatic rings. The average molecular weight is 282 g/mol. The Labute approximate surface area is 113 Å². The molecule has 0 saturated carbocycles. The van der Waals surface area contributed by atoms with Crippen LogP contribution < -0.4 is 0 Å². The first-order valence-corrected chi connectivity index (χ1v) is 6.57. The monoisotopic (exact) mass is 282 g/mol. The fraction of sp³-hybridized carbons (Fsp3) is 0.500. The van der Waals surface area contributed by atoms with E-state index in [0.717, 1.165) is 28.7 Å². The fourth-order valence-electron chi connectivity index (χ4n) is 1.72. The lowest BCUT2D eigenvalue weighted by molar-refractivity contribution is -0.133. The standard InChI is InChI=1S/C10H14N6O2S/c1-6-8(7(2)15(3)12-6)4-16-10(11-13-14-16)19-5-9(17)18/h4-5H2,1-3H3,(H,17,18). The Bertz CT molecular complexity index is 605. The molecule has 0 unspecified atom stereocenters. The van der Waals surface area contributed by atoms with Crippen LogP contribution in [-0.4, -0.2) is 46.8 Å². The van der Waals surface area contributed by atoms with Crippen LogP contribution in [0.3, 0.4) is 0 Å². The van der Waals surface area contributed by atoms with Crippen LogP contribution in [0.2, 0.25) is 0 Å². The van der Waals surface area contributed by atoms with Gasteiger partial charge in [0, 0.05) is 18.3 Å². The van der Waals surface area contributed by atoms with Gasteiger partial charge in [0.15, 0.2) is 0 Å². The maximum atomic E-state index is 10.6. The molecule has 0 bridgehead atoms. The molecule has 2 rings (SSSR count). The minimum Gasteiger partial charge on any atom is -0.481 e. The van der Waals surface area contributed by atoms with Gasteiger partial charge in [-0.05, 0) is 24.3 Å². The van der Waals surface area contributed by atoms with E-state index in [1.807, 2.05) is 20.9 Å². The summed E-state index contributed by atoms with van der Waals surface area (Å²) >= 11 is 1.10. The number of carboxylic acids is 1. The SMILES string of the molecule is Cc1nn(C)c(C)c1Cn1nnnc1SCC(=O)O. The molecule has 9 heteroatoms. The van der Waals surface area contributed by atoms with Crippen molar-refractivity contribution in [3.05, 3.63) is 17.0 Å². The highest BCUT2D eigenvalue weighted by molar-refractivity contribution is 7.99. The number of aromatic nitrogens is 6. The number of nitrogens with zero attached hydrogens (tertiary/aromatic N) is 6. The lowest BCUT2D eigenvalue weighted by atomic mass is 10.2. The lowest BCUT2D eigenvalue weighted by Crippen LogP contribution is -2.07. The molecule has 0 amide bonds. The smallest absolute Gasteiger partial charge is 0.313 e. The van der Waals surface area contributed by atoms with Gasteiger partial charge in [-0.25, -0.2) is 4.68 Å². The third-order valence-electron chi connectivity index (χ3n) is 2.79. The highest BCUT2D eigenvalue weighted by atomic mass is 32.2. The minimum absolute atomic E-state index is 0.0641. The summed E-state index contributed by atoms with van der Waals surface area (Å²) in [6, 6.07) is 0. The van der Waals surface area contributed by atoms with Gasteiger partial charge < -0.3 is 5.11 Å². The predicted octanol–water partition coefficient (Wildman–Crippen LogP) is 0.248. The molecule has 0 aromatic carbocycles. The van der Waals surface area contributed by atoms with E-state index in [1.165, 1.54) is 0 Å². The molecular weight excluding hydrogens is 268 g/mol. The molecule has 0 aliphatic carbocycles. The van der Waals surface area contributed by atoms with Crippen molar-refractivity contribution < 1.29 is 9.90 Å². The second-order valence-electron chi connectivity index (χ2n) is 4.07. The van der Waals surface area contributed by atoms with Crippen molar-refractivity contribution in [3.63, 3.8) is 0 Å². The first kappa shape index (κ1) is 13.5. The summed E-state index contributed by atoms with van der Waals surface area (Å²) < 4.78 is 3.39. The van der Waals surface area contributed by atoms with Crippen LogP contribution in [0.1, 0.15) is 17.0 Å². The molecule has 102 valence electrons. The first-order valence-electron chi connectivity index (χ1n) is 5.59. The summed E-state index contributed by atoms with van der Waals surface area (Å²) in [5.74, 6) is -0.959. The van der Waals surface area contributed by atoms with Crippen LogP contribution in [0.25, 0.3) is 0 Å². The van der Waals surface area contributed by atoms with Gasteiger partial charge in [-0.3, -0.25) is 9.48 Å². The Hall–Kier alpha value is -1.90. The second-order valence-corrected chi connectivity index (χ2v) is 5.02. The number of carboxylic acid groups (broad SMARTS) is 1. The van der Waals surface area contributed by atoms with Crippen molar-refractivity contribution >= 4 is 17.7 Å². The van der Waals surface area contributed by atoms with Gasteiger partial charge in [-0.2, -0.15) is 5.10 Å². The molecule has 8 nitrogen and oxygen atoms in total. The zero-order valence-corrected chi connectivity index (χ0v) is 11.7. The van der Waals surface area contributed by atoms with Crippen LogP contribution in [0, 0.1) is 13.8 Å². The summed E-state index contributed by atoms with van der Waals surface area (Å²) in [6.45, 7) is 4.39. The Morgan fingerprint density at radius 2 is 2.16 bits per heavy atom. The Morgan fingerprint density at radius 1 is 1.42 bits per heavy atom. The van der Waals surface area contributed by atoms with Gasteiger partial charge in [0.1, 0.15) is 0 Å². The molecule has 2 aromatic rings. The summed E-state index contributed by atoms with van der Waals surface area (Å²) in [5, 5.41) is 24.8. The van der Waals surface area contributed by atoms with Crippen molar-refractivity contribution in [3.8, 4) is 0 Å². The average Bonchev–Trinajstić information content (AvgIpc) is 2.87. The zero-order chi connectivity index (χ0) is 14.0. The first-order chi connectivity index (χ1) is 8.99. The number of hydrogen-bond acceptors (Lipinski definition) is 6. The van der Waals surface area contributed by atoms with E-state index in [1.54, 1.807) is 9.36 Å². The van der Waals surface area contributed by atoms with E-state index in [9.17, 15) is 4.79 Å². The van der Waals surface area contributed by atoms with E-state index in [2.05, 4.69) is 20.6 Å². The molecular formula is C10H14N6O2S. The van der Waals surface area contributed by atoms with Crippen molar-refractivity contribution in [1.82, 2.24) is 30.0 Å². The molecule has 0 aliphatic heterocycles. The Morgan fingerprint density at radius 3 is 2.74 bits per heavy atom. The fourth-order valence-corrected chi connectivity index (χ4v) is 2.32. The van der Waals surface area contributed by atoms with Crippen molar-refractivity contribution in [1.29, 1.82) is 0 Å². The number of thioether (sulfide) groups is 1. The van der Waals surface area contributed by atoms with Crippen LogP contribution in [0.4, 0.5) is 0 Å². The topological polar surface area (TPSA) is 98.7 Å². The van der Waals surface area contributed by atoms with Gasteiger partial charge in [0.05, 0.1) is 18.0 Å². The summed E-state index contributed by atoms with van der Waals surface area (Å²) in [6.07, 6.45) is 0. The Kier molecular flexibility index (Phi) is 3.84. The number of carbonyl (C=O) groups is 1. The van der Waals surface area contributed by atoms with Gasteiger partial charge in [0.2, 0.25) is 5.16 Å². The second kappa shape index (κ2) is 5.39. The quantitative estimate of drug-likeness (QED) is 0.785. The molecule has 2 aromatic heterocycles. The maximum absolute atomic E-state index is 10.6. The van der Waals surface area contributed by atoms with Crippen molar-refractivity contribution in [2.24, 2.45) is 7.05 Å². The molecule has 19 heavy (non-hydrogen) atoms. The minimum atomic E-state index is -0.895. The number of hydrogen-bond donors (Lipinski definition) is 1. The van der Waals surface area contributed by atoms with Gasteiger partial charge in [0.25, 0.3) is 0 Å². The van der Waals surface area contributed by atoms with Gasteiger partial charge in [-0.15, -0.1) is 5.10 Å². The number of rotatable bonds is 5. The maximum Gasteiger partial charge on any atom is 0.313 e. The van der Waals surface area contributed by atoms with Crippen molar-refractivity contribution in [2.75, 3.05) is 5.75 Å². The van der Waals surface area contributed by atoms with Crippen LogP contribution in [-0.2, 0) is 18.4 Å². The van der Waals surface area contributed by atoms with Gasteiger partial charge >= 0.3 is 5.97 Å². The summed E-state index contributed by atoms with van der Waals surface area (Å²) in [5.41, 5.74) is 3.01. The van der Waals surface area contributed by atoms with Gasteiger partial charge in [-0.1, -0.05) is 11.8 Å². The van der Waals surface area contributed by atoms with E-state index < -0.39 is 5.97 Å². The third-order valence-corrected chi connectivity index (χ3v) is 3.73. The largest absolute Gasteiger partial charge is 0.481 e. The molecule has 1 N–H and O–H groups in total. The predicted molar refractivity (Wildman–Crippen MR) is 68.0 cm³/mol. The lowest BCUT2D eigenvalue weighted by Gasteiger charge is -2.04. The number of tetrazole rings is 1. The summed E-state index contributed by atoms with van der Waals surface area (Å²) in [7, 11) is 1.88. The van der Waals surface area contributed by atoms with E-state index in [0.29, 0.717) is 11.7 Å². The third kappa shape index (κ3) is 2.92. The summed E-state index contributed by atoms with van der Waals surface area (Å²) in [4.78, 5) is 10.6. The molecule has 0 fully saturated rings. The zero-order valence-electron chi connectivity index (χ0n) is 10.9. The number of aliphatic carboxylic acids is 1. The molecule has 0 spiro atoms. The number of aryl methyl sites for hydroxylation is 2.